The molecule has 60 valence electrons. The number of rotatable bonds is 1. The third-order valence-electron chi connectivity index (χ3n) is 3.17. The highest BCUT2D eigenvalue weighted by molar-refractivity contribution is 5.20. The summed E-state index contributed by atoms with van der Waals surface area (Å²) >= 11 is 0. The van der Waals surface area contributed by atoms with Crippen molar-refractivity contribution in [1.29, 1.82) is 0 Å². The first kappa shape index (κ1) is 8.06. The molecule has 1 saturated heterocycles. The van der Waals surface area contributed by atoms with Gasteiger partial charge < -0.3 is 0 Å². The summed E-state index contributed by atoms with van der Waals surface area (Å²) < 4.78 is 0. The molecule has 1 fully saturated rings. The van der Waals surface area contributed by atoms with Crippen LogP contribution in [0.1, 0.15) is 41.5 Å². The molecular formula is C9H19N. The fraction of sp³-hybridized carbons (Fsp3) is 1.00. The molecule has 0 saturated carbocycles. The molecule has 1 nitrogen and oxygen atoms in total. The SMILES string of the molecule is CC(C)N1C(C)(C)C1(C)C. The maximum absolute atomic E-state index is 2.54. The second kappa shape index (κ2) is 1.76. The first-order chi connectivity index (χ1) is 4.32. The second-order valence-corrected chi connectivity index (χ2v) is 4.58. The van der Waals surface area contributed by atoms with Crippen molar-refractivity contribution < 1.29 is 0 Å². The molecule has 0 N–H and O–H groups in total. The fourth-order valence-corrected chi connectivity index (χ4v) is 2.25. The molecule has 10 heavy (non-hydrogen) atoms. The molecule has 0 aromatic heterocycles. The molecule has 0 aromatic rings. The molecule has 1 rings (SSSR count). The Hall–Kier alpha value is -0.0400. The number of nitrogens with zero attached hydrogens (tertiary/aromatic N) is 1. The van der Waals surface area contributed by atoms with E-state index in [2.05, 4.69) is 46.4 Å². The fourth-order valence-electron chi connectivity index (χ4n) is 2.25. The van der Waals surface area contributed by atoms with Crippen LogP contribution in [0.4, 0.5) is 0 Å². The van der Waals surface area contributed by atoms with Crippen molar-refractivity contribution in [3.05, 3.63) is 0 Å². The van der Waals surface area contributed by atoms with E-state index >= 15 is 0 Å². The van der Waals surface area contributed by atoms with E-state index in [-0.39, 0.29) is 0 Å². The van der Waals surface area contributed by atoms with Gasteiger partial charge in [0, 0.05) is 17.1 Å². The van der Waals surface area contributed by atoms with Crippen LogP contribution < -0.4 is 0 Å². The molecule has 0 bridgehead atoms. The lowest BCUT2D eigenvalue weighted by atomic mass is 10.0. The van der Waals surface area contributed by atoms with Crippen LogP contribution in [0.3, 0.4) is 0 Å². The van der Waals surface area contributed by atoms with E-state index in [0.29, 0.717) is 17.1 Å². The Labute approximate surface area is 64.4 Å². The summed E-state index contributed by atoms with van der Waals surface area (Å²) in [5.74, 6) is 0. The third kappa shape index (κ3) is 0.731. The highest BCUT2D eigenvalue weighted by atomic mass is 15.4. The van der Waals surface area contributed by atoms with Crippen molar-refractivity contribution in [1.82, 2.24) is 4.90 Å². The van der Waals surface area contributed by atoms with Gasteiger partial charge >= 0.3 is 0 Å². The zero-order valence-electron chi connectivity index (χ0n) is 8.02. The summed E-state index contributed by atoms with van der Waals surface area (Å²) in [5.41, 5.74) is 0.836. The standard InChI is InChI=1S/C9H19N/c1-7(2)10-8(3,4)9(10,5)6/h7H,1-6H3. The van der Waals surface area contributed by atoms with Gasteiger partial charge in [0.25, 0.3) is 0 Å². The lowest BCUT2D eigenvalue weighted by molar-refractivity contribution is 0.344. The highest BCUT2D eigenvalue weighted by Crippen LogP contribution is 2.52. The van der Waals surface area contributed by atoms with Crippen molar-refractivity contribution in [2.45, 2.75) is 58.7 Å². The lowest BCUT2D eigenvalue weighted by Crippen LogP contribution is -2.17. The molecule has 0 amide bonds. The Morgan fingerprint density at radius 2 is 1.20 bits per heavy atom. The van der Waals surface area contributed by atoms with E-state index in [9.17, 15) is 0 Å². The number of hydrogen-bond donors (Lipinski definition) is 0. The summed E-state index contributed by atoms with van der Waals surface area (Å²) in [6.45, 7) is 13.8. The maximum Gasteiger partial charge on any atom is 0.0340 e. The largest absolute Gasteiger partial charge is 0.287 e. The smallest absolute Gasteiger partial charge is 0.0340 e. The van der Waals surface area contributed by atoms with Gasteiger partial charge in [0.1, 0.15) is 0 Å². The van der Waals surface area contributed by atoms with Gasteiger partial charge in [-0.25, -0.2) is 0 Å². The van der Waals surface area contributed by atoms with Crippen molar-refractivity contribution in [3.8, 4) is 0 Å². The molecule has 0 radical (unpaired) electrons. The zero-order valence-corrected chi connectivity index (χ0v) is 8.02. The van der Waals surface area contributed by atoms with Gasteiger partial charge in [-0.15, -0.1) is 0 Å². The summed E-state index contributed by atoms with van der Waals surface area (Å²) in [5, 5.41) is 0. The minimum absolute atomic E-state index is 0.418. The van der Waals surface area contributed by atoms with E-state index in [0.717, 1.165) is 0 Å². The van der Waals surface area contributed by atoms with Crippen LogP contribution in [0.2, 0.25) is 0 Å². The molecular weight excluding hydrogens is 122 g/mol. The Morgan fingerprint density at radius 3 is 1.20 bits per heavy atom. The van der Waals surface area contributed by atoms with Crippen LogP contribution in [0.15, 0.2) is 0 Å². The van der Waals surface area contributed by atoms with Gasteiger partial charge in [0.2, 0.25) is 0 Å². The Kier molecular flexibility index (Phi) is 1.42. The maximum atomic E-state index is 2.54. The highest BCUT2D eigenvalue weighted by Gasteiger charge is 2.63. The van der Waals surface area contributed by atoms with E-state index in [1.807, 2.05) is 0 Å². The average molecular weight is 141 g/mol. The first-order valence-electron chi connectivity index (χ1n) is 4.11. The molecule has 1 aliphatic heterocycles. The first-order valence-corrected chi connectivity index (χ1v) is 4.11. The van der Waals surface area contributed by atoms with E-state index in [1.165, 1.54) is 0 Å². The van der Waals surface area contributed by atoms with Gasteiger partial charge in [-0.2, -0.15) is 0 Å². The van der Waals surface area contributed by atoms with Gasteiger partial charge in [0.15, 0.2) is 0 Å². The van der Waals surface area contributed by atoms with Crippen LogP contribution in [0.5, 0.6) is 0 Å². The number of hydrogen-bond acceptors (Lipinski definition) is 1. The van der Waals surface area contributed by atoms with Crippen molar-refractivity contribution in [2.24, 2.45) is 0 Å². The predicted octanol–water partition coefficient (Wildman–Crippen LogP) is 2.27. The molecule has 1 aliphatic rings. The van der Waals surface area contributed by atoms with E-state index < -0.39 is 0 Å². The van der Waals surface area contributed by atoms with Gasteiger partial charge in [-0.1, -0.05) is 0 Å². The molecule has 0 spiro atoms. The van der Waals surface area contributed by atoms with Crippen LogP contribution in [0, 0.1) is 0 Å². The van der Waals surface area contributed by atoms with Crippen molar-refractivity contribution in [2.75, 3.05) is 0 Å². The van der Waals surface area contributed by atoms with Crippen LogP contribution in [0.25, 0.3) is 0 Å². The van der Waals surface area contributed by atoms with Crippen molar-refractivity contribution >= 4 is 0 Å². The molecule has 0 atom stereocenters. The van der Waals surface area contributed by atoms with Gasteiger partial charge in [-0.05, 0) is 41.5 Å². The molecule has 0 aliphatic carbocycles. The lowest BCUT2D eigenvalue weighted by Gasteiger charge is -2.10. The molecule has 0 aromatic carbocycles. The monoisotopic (exact) mass is 141 g/mol. The summed E-state index contributed by atoms with van der Waals surface area (Å²) in [4.78, 5) is 2.54. The average Bonchev–Trinajstić information content (AvgIpc) is 1.97. The molecule has 1 heterocycles. The van der Waals surface area contributed by atoms with E-state index in [1.54, 1.807) is 0 Å². The minimum Gasteiger partial charge on any atom is -0.287 e. The zero-order chi connectivity index (χ0) is 8.15. The molecule has 1 heteroatoms. The summed E-state index contributed by atoms with van der Waals surface area (Å²) in [7, 11) is 0. The van der Waals surface area contributed by atoms with Gasteiger partial charge in [-0.3, -0.25) is 4.90 Å². The summed E-state index contributed by atoms with van der Waals surface area (Å²) in [6.07, 6.45) is 0. The van der Waals surface area contributed by atoms with Crippen molar-refractivity contribution in [3.63, 3.8) is 0 Å². The quantitative estimate of drug-likeness (QED) is 0.506. The second-order valence-electron chi connectivity index (χ2n) is 4.58. The molecule has 0 unspecified atom stereocenters. The van der Waals surface area contributed by atoms with Gasteiger partial charge in [0.05, 0.1) is 0 Å². The minimum atomic E-state index is 0.418. The topological polar surface area (TPSA) is 3.01 Å². The predicted molar refractivity (Wildman–Crippen MR) is 45.1 cm³/mol. The Bertz CT molecular complexity index is 131. The Morgan fingerprint density at radius 1 is 0.900 bits per heavy atom. The third-order valence-corrected chi connectivity index (χ3v) is 3.17. The Balaban J connectivity index is 2.72. The summed E-state index contributed by atoms with van der Waals surface area (Å²) in [6, 6.07) is 0.685. The van der Waals surface area contributed by atoms with Crippen LogP contribution in [-0.2, 0) is 0 Å². The normalized spacial score (nSPS) is 29.1. The van der Waals surface area contributed by atoms with Crippen LogP contribution in [-0.4, -0.2) is 22.0 Å². The van der Waals surface area contributed by atoms with Crippen LogP contribution >= 0.6 is 0 Å². The van der Waals surface area contributed by atoms with E-state index in [4.69, 9.17) is 0 Å².